The normalized spacial score (nSPS) is 21.5. The van der Waals surface area contributed by atoms with E-state index in [4.69, 9.17) is 13.7 Å². The van der Waals surface area contributed by atoms with Crippen molar-refractivity contribution in [3.05, 3.63) is 65.7 Å². The first-order valence-electron chi connectivity index (χ1n) is 7.83. The molecule has 5 nitrogen and oxygen atoms in total. The molecule has 0 aromatic heterocycles. The highest BCUT2D eigenvalue weighted by atomic mass is 32.2. The second-order valence-corrected chi connectivity index (χ2v) is 7.33. The molecule has 1 saturated heterocycles. The van der Waals surface area contributed by atoms with Gasteiger partial charge in [-0.25, -0.2) is 0 Å². The van der Waals surface area contributed by atoms with Crippen molar-refractivity contribution in [2.45, 2.75) is 30.6 Å². The second-order valence-electron chi connectivity index (χ2n) is 5.71. The Hall–Kier alpha value is -1.73. The van der Waals surface area contributed by atoms with Gasteiger partial charge in [0.25, 0.3) is 10.1 Å². The molecule has 2 aromatic carbocycles. The van der Waals surface area contributed by atoms with E-state index in [1.807, 2.05) is 37.3 Å². The molecule has 1 fully saturated rings. The Balaban J connectivity index is 1.61. The van der Waals surface area contributed by atoms with Crippen LogP contribution in [0.3, 0.4) is 0 Å². The van der Waals surface area contributed by atoms with Gasteiger partial charge < -0.3 is 9.47 Å². The molecule has 0 spiro atoms. The van der Waals surface area contributed by atoms with E-state index in [0.717, 1.165) is 11.1 Å². The van der Waals surface area contributed by atoms with Crippen LogP contribution in [0.15, 0.2) is 59.5 Å². The lowest BCUT2D eigenvalue weighted by atomic mass is 10.2. The van der Waals surface area contributed by atoms with Crippen molar-refractivity contribution in [2.24, 2.45) is 0 Å². The minimum absolute atomic E-state index is 0.0249. The predicted molar refractivity (Wildman–Crippen MR) is 88.9 cm³/mol. The van der Waals surface area contributed by atoms with E-state index in [2.05, 4.69) is 0 Å². The largest absolute Gasteiger partial charge is 0.348 e. The summed E-state index contributed by atoms with van der Waals surface area (Å²) in [5, 5.41) is 0. The monoisotopic (exact) mass is 348 g/mol. The first kappa shape index (κ1) is 17.1. The van der Waals surface area contributed by atoms with Gasteiger partial charge in [-0.15, -0.1) is 0 Å². The van der Waals surface area contributed by atoms with E-state index >= 15 is 0 Å². The van der Waals surface area contributed by atoms with Gasteiger partial charge in [0, 0.05) is 5.56 Å². The molecule has 6 heteroatoms. The van der Waals surface area contributed by atoms with Crippen LogP contribution in [-0.2, 0) is 23.8 Å². The van der Waals surface area contributed by atoms with E-state index in [9.17, 15) is 8.42 Å². The van der Waals surface area contributed by atoms with Crippen LogP contribution in [-0.4, -0.2) is 27.7 Å². The lowest BCUT2D eigenvalue weighted by molar-refractivity contribution is -0.222. The van der Waals surface area contributed by atoms with E-state index in [1.165, 1.54) is 0 Å². The van der Waals surface area contributed by atoms with Gasteiger partial charge in [-0.05, 0) is 25.5 Å². The number of hydrogen-bond donors (Lipinski definition) is 0. The zero-order chi connectivity index (χ0) is 17.0. The van der Waals surface area contributed by atoms with Crippen LogP contribution >= 0.6 is 0 Å². The minimum atomic E-state index is -3.78. The van der Waals surface area contributed by atoms with Crippen molar-refractivity contribution in [2.75, 3.05) is 13.2 Å². The second kappa shape index (κ2) is 7.44. The maximum Gasteiger partial charge on any atom is 0.297 e. The summed E-state index contributed by atoms with van der Waals surface area (Å²) in [7, 11) is -3.78. The summed E-state index contributed by atoms with van der Waals surface area (Å²) >= 11 is 0. The van der Waals surface area contributed by atoms with Gasteiger partial charge in [-0.3, -0.25) is 4.18 Å². The highest BCUT2D eigenvalue weighted by Crippen LogP contribution is 2.26. The van der Waals surface area contributed by atoms with Gasteiger partial charge in [0.2, 0.25) is 0 Å². The zero-order valence-electron chi connectivity index (χ0n) is 13.4. The fraction of sp³-hybridized carbons (Fsp3) is 0.333. The molecule has 2 unspecified atom stereocenters. The lowest BCUT2D eigenvalue weighted by Crippen LogP contribution is -2.31. The fourth-order valence-electron chi connectivity index (χ4n) is 2.43. The Morgan fingerprint density at radius 3 is 2.50 bits per heavy atom. The van der Waals surface area contributed by atoms with Crippen molar-refractivity contribution in [1.29, 1.82) is 0 Å². The van der Waals surface area contributed by atoms with Gasteiger partial charge in [0.05, 0.1) is 24.2 Å². The van der Waals surface area contributed by atoms with Crippen LogP contribution in [0.4, 0.5) is 0 Å². The third kappa shape index (κ3) is 4.21. The van der Waals surface area contributed by atoms with Crippen LogP contribution in [0.2, 0.25) is 0 Å². The van der Waals surface area contributed by atoms with Crippen molar-refractivity contribution < 1.29 is 22.1 Å². The van der Waals surface area contributed by atoms with Gasteiger partial charge in [0.15, 0.2) is 6.29 Å². The molecule has 2 aromatic rings. The van der Waals surface area contributed by atoms with Crippen molar-refractivity contribution in [3.8, 4) is 0 Å². The van der Waals surface area contributed by atoms with Crippen molar-refractivity contribution in [3.63, 3.8) is 0 Å². The van der Waals surface area contributed by atoms with Gasteiger partial charge in [0.1, 0.15) is 0 Å². The summed E-state index contributed by atoms with van der Waals surface area (Å²) < 4.78 is 41.0. The van der Waals surface area contributed by atoms with Gasteiger partial charge in [-0.2, -0.15) is 8.42 Å². The molecule has 128 valence electrons. The molecular formula is C18H20O5S. The van der Waals surface area contributed by atoms with Crippen molar-refractivity contribution >= 4 is 10.1 Å². The molecule has 0 saturated carbocycles. The topological polar surface area (TPSA) is 61.8 Å². The molecule has 0 amide bonds. The lowest BCUT2D eigenvalue weighted by Gasteiger charge is -2.30. The summed E-state index contributed by atoms with van der Waals surface area (Å²) in [6, 6.07) is 16.1. The van der Waals surface area contributed by atoms with Crippen LogP contribution in [0.25, 0.3) is 0 Å². The first-order chi connectivity index (χ1) is 11.5. The van der Waals surface area contributed by atoms with E-state index < -0.39 is 16.4 Å². The Bertz CT molecular complexity index is 756. The smallest absolute Gasteiger partial charge is 0.297 e. The Morgan fingerprint density at radius 2 is 1.79 bits per heavy atom. The average Bonchev–Trinajstić information content (AvgIpc) is 2.61. The molecule has 0 N–H and O–H groups in total. The molecule has 1 heterocycles. The third-order valence-corrected chi connectivity index (χ3v) is 5.11. The van der Waals surface area contributed by atoms with E-state index in [-0.39, 0.29) is 17.6 Å². The van der Waals surface area contributed by atoms with E-state index in [0.29, 0.717) is 13.0 Å². The van der Waals surface area contributed by atoms with Crippen LogP contribution in [0.5, 0.6) is 0 Å². The summed E-state index contributed by atoms with van der Waals surface area (Å²) in [4.78, 5) is 0.153. The quantitative estimate of drug-likeness (QED) is 0.777. The molecular weight excluding hydrogens is 328 g/mol. The average molecular weight is 348 g/mol. The highest BCUT2D eigenvalue weighted by molar-refractivity contribution is 7.86. The number of benzene rings is 2. The highest BCUT2D eigenvalue weighted by Gasteiger charge is 2.26. The Labute approximate surface area is 142 Å². The molecule has 3 rings (SSSR count). The summed E-state index contributed by atoms with van der Waals surface area (Å²) in [6.07, 6.45) is -0.230. The van der Waals surface area contributed by atoms with Gasteiger partial charge >= 0.3 is 0 Å². The maximum atomic E-state index is 12.2. The summed E-state index contributed by atoms with van der Waals surface area (Å²) in [5.41, 5.74) is 1.90. The standard InChI is InChI=1S/C18H20O5S/c1-14-7-9-17(10-8-14)24(19,20)22-13-16-11-12-21-18(23-16)15-5-3-2-4-6-15/h2-10,16,18H,11-13H2,1H3. The minimum Gasteiger partial charge on any atom is -0.348 e. The Kier molecular flexibility index (Phi) is 5.30. The molecule has 1 aliphatic heterocycles. The first-order valence-corrected chi connectivity index (χ1v) is 9.23. The molecule has 2 atom stereocenters. The number of ether oxygens (including phenoxy) is 2. The fourth-order valence-corrected chi connectivity index (χ4v) is 3.37. The van der Waals surface area contributed by atoms with Gasteiger partial charge in [-0.1, -0.05) is 48.0 Å². The SMILES string of the molecule is Cc1ccc(S(=O)(=O)OCC2CCOC(c3ccccc3)O2)cc1. The summed E-state index contributed by atoms with van der Waals surface area (Å²) in [6.45, 7) is 2.37. The third-order valence-electron chi connectivity index (χ3n) is 3.82. The maximum absolute atomic E-state index is 12.2. The molecule has 1 aliphatic rings. The van der Waals surface area contributed by atoms with Crippen molar-refractivity contribution in [1.82, 2.24) is 0 Å². The zero-order valence-corrected chi connectivity index (χ0v) is 14.2. The molecule has 0 aliphatic carbocycles. The number of rotatable bonds is 5. The molecule has 24 heavy (non-hydrogen) atoms. The molecule has 0 radical (unpaired) electrons. The van der Waals surface area contributed by atoms with E-state index in [1.54, 1.807) is 24.3 Å². The Morgan fingerprint density at radius 1 is 1.08 bits per heavy atom. The molecule has 0 bridgehead atoms. The number of aryl methyl sites for hydroxylation is 1. The van der Waals surface area contributed by atoms with Crippen LogP contribution in [0, 0.1) is 6.92 Å². The number of hydrogen-bond acceptors (Lipinski definition) is 5. The van der Waals surface area contributed by atoms with Crippen LogP contribution in [0.1, 0.15) is 23.8 Å². The predicted octanol–water partition coefficient (Wildman–Crippen LogP) is 3.20. The van der Waals surface area contributed by atoms with Crippen LogP contribution < -0.4 is 0 Å². The summed E-state index contributed by atoms with van der Waals surface area (Å²) in [5.74, 6) is 0.